The van der Waals surface area contributed by atoms with Crippen molar-refractivity contribution in [1.29, 1.82) is 0 Å². The van der Waals surface area contributed by atoms with Crippen molar-refractivity contribution in [1.82, 2.24) is 0 Å². The van der Waals surface area contributed by atoms with Gasteiger partial charge in [0.15, 0.2) is 18.3 Å². The van der Waals surface area contributed by atoms with E-state index in [-0.39, 0.29) is 35.6 Å². The van der Waals surface area contributed by atoms with Gasteiger partial charge in [-0.15, -0.1) is 0 Å². The van der Waals surface area contributed by atoms with Crippen molar-refractivity contribution in [2.24, 2.45) is 0 Å². The molecule has 0 aliphatic rings. The van der Waals surface area contributed by atoms with Gasteiger partial charge in [0.25, 0.3) is 0 Å². The third-order valence-corrected chi connectivity index (χ3v) is 4.52. The first-order chi connectivity index (χ1) is 17.7. The van der Waals surface area contributed by atoms with E-state index >= 15 is 0 Å². The van der Waals surface area contributed by atoms with Crippen LogP contribution in [-0.2, 0) is 14.4 Å². The molecule has 12 atom stereocenters. The maximum absolute atomic E-state index is 10.1. The van der Waals surface area contributed by atoms with Crippen LogP contribution in [0.2, 0.25) is 0 Å². The Morgan fingerprint density at radius 1 is 0.375 bits per heavy atom. The fourth-order valence-corrected chi connectivity index (χ4v) is 2.01. The van der Waals surface area contributed by atoms with Gasteiger partial charge in [0.2, 0.25) is 0 Å². The van der Waals surface area contributed by atoms with E-state index in [1.54, 1.807) is 0 Å². The van der Waals surface area contributed by atoms with Gasteiger partial charge in [-0.05, 0) is 0 Å². The maximum atomic E-state index is 10.1. The number of carboxylic acids is 3. The van der Waals surface area contributed by atoms with Crippen LogP contribution in [0.5, 0.6) is 0 Å². The maximum Gasteiger partial charge on any atom is 0.335 e. The number of carbonyl (C=O) groups is 3. The Bertz CT molecular complexity index is 608. The normalized spacial score (nSPS) is 19.9. The first kappa shape index (κ1) is 46.0. The Morgan fingerprint density at radius 3 is 0.625 bits per heavy atom. The van der Waals surface area contributed by atoms with Gasteiger partial charge in [0.1, 0.15) is 54.9 Å². The van der Waals surface area contributed by atoms with E-state index in [0.29, 0.717) is 0 Å². The third-order valence-electron chi connectivity index (χ3n) is 4.52. The molecule has 21 nitrogen and oxygen atoms in total. The van der Waals surface area contributed by atoms with Crippen molar-refractivity contribution in [2.45, 2.75) is 73.2 Å². The molecule has 237 valence electrons. The number of carboxylic acid groups (broad SMARTS) is 3. The zero-order valence-corrected chi connectivity index (χ0v) is 24.0. The minimum absolute atomic E-state index is 0. The molecule has 18 N–H and O–H groups in total. The van der Waals surface area contributed by atoms with Crippen LogP contribution >= 0.6 is 0 Å². The van der Waals surface area contributed by atoms with Crippen LogP contribution in [0.4, 0.5) is 0 Å². The summed E-state index contributed by atoms with van der Waals surface area (Å²) >= 11 is 0. The van der Waals surface area contributed by atoms with E-state index in [2.05, 4.69) is 0 Å². The second-order valence-corrected chi connectivity index (χ2v) is 7.54. The van der Waals surface area contributed by atoms with Crippen molar-refractivity contribution in [3.63, 3.8) is 0 Å². The Labute approximate surface area is 252 Å². The summed E-state index contributed by atoms with van der Waals surface area (Å²) < 4.78 is 0. The van der Waals surface area contributed by atoms with Crippen molar-refractivity contribution >= 4 is 17.9 Å². The molecule has 22 heteroatoms. The molecule has 0 aromatic carbocycles. The number of hydrogen-bond acceptors (Lipinski definition) is 18. The van der Waals surface area contributed by atoms with E-state index in [1.165, 1.54) is 0 Å². The number of hydrogen-bond donors (Lipinski definition) is 18. The Hall–Kier alpha value is -0.995. The largest absolute Gasteiger partial charge is 0.479 e. The molecule has 0 saturated carbocycles. The average molecular weight is 727 g/mol. The van der Waals surface area contributed by atoms with Crippen LogP contribution < -0.4 is 0 Å². The summed E-state index contributed by atoms with van der Waals surface area (Å²) in [7, 11) is 0. The molecule has 0 spiro atoms. The van der Waals surface area contributed by atoms with Gasteiger partial charge in [0.05, 0.1) is 19.8 Å². The van der Waals surface area contributed by atoms with Crippen LogP contribution in [0, 0.1) is 35.6 Å². The summed E-state index contributed by atoms with van der Waals surface area (Å²) in [5.74, 6) is -5.18. The molecule has 0 bridgehead atoms. The van der Waals surface area contributed by atoms with Crippen molar-refractivity contribution in [3.05, 3.63) is 0 Å². The zero-order valence-electron chi connectivity index (χ0n) is 20.4. The standard InChI is InChI=1S/3C6H12O7.La/c3*7-1-2(8)3(9)4(10)5(11)6(12)13;/h3*2-5,7-11H,1H2,(H,12,13);/t3*2-,3-,4+,5-;/m111./s1. The monoisotopic (exact) mass is 727 g/mol. The number of rotatable bonds is 15. The van der Waals surface area contributed by atoms with Gasteiger partial charge in [-0.2, -0.15) is 0 Å². The molecule has 40 heavy (non-hydrogen) atoms. The van der Waals surface area contributed by atoms with Gasteiger partial charge >= 0.3 is 17.9 Å². The summed E-state index contributed by atoms with van der Waals surface area (Å²) in [5, 5.41) is 155. The van der Waals surface area contributed by atoms with Gasteiger partial charge < -0.3 is 91.9 Å². The molecule has 1 radical (unpaired) electrons. The fraction of sp³-hybridized carbons (Fsp3) is 0.833. The third kappa shape index (κ3) is 17.1. The van der Waals surface area contributed by atoms with Crippen LogP contribution in [0.1, 0.15) is 0 Å². The number of aliphatic hydroxyl groups excluding tert-OH is 15. The molecule has 0 saturated heterocycles. The fourth-order valence-electron chi connectivity index (χ4n) is 2.01. The smallest absolute Gasteiger partial charge is 0.335 e. The van der Waals surface area contributed by atoms with E-state index in [4.69, 9.17) is 91.9 Å². The first-order valence-electron chi connectivity index (χ1n) is 10.4. The summed E-state index contributed by atoms with van der Waals surface area (Å²) in [4.78, 5) is 30.3. The van der Waals surface area contributed by atoms with E-state index in [0.717, 1.165) is 0 Å². The first-order valence-corrected chi connectivity index (χ1v) is 10.4. The molecule has 0 aromatic rings. The van der Waals surface area contributed by atoms with E-state index < -0.39 is 111 Å². The van der Waals surface area contributed by atoms with E-state index in [9.17, 15) is 14.4 Å². The Kier molecular flexibility index (Phi) is 27.1. The van der Waals surface area contributed by atoms with E-state index in [1.807, 2.05) is 0 Å². The van der Waals surface area contributed by atoms with Gasteiger partial charge in [-0.25, -0.2) is 14.4 Å². The number of aliphatic hydroxyl groups is 15. The minimum Gasteiger partial charge on any atom is -0.479 e. The quantitative estimate of drug-likeness (QED) is 0.0744. The molecule has 0 unspecified atom stereocenters. The molecular weight excluding hydrogens is 691 g/mol. The molecule has 0 aliphatic carbocycles. The predicted octanol–water partition coefficient (Wildman–Crippen LogP) is -10.5. The van der Waals surface area contributed by atoms with Gasteiger partial charge in [-0.3, -0.25) is 0 Å². The molecule has 0 aromatic heterocycles. The molecule has 0 amide bonds. The average Bonchev–Trinajstić information content (AvgIpc) is 2.92. The molecule has 0 rings (SSSR count). The van der Waals surface area contributed by atoms with Crippen molar-refractivity contribution < 1.29 is 142 Å². The molecule has 0 aliphatic heterocycles. The van der Waals surface area contributed by atoms with Crippen molar-refractivity contribution in [3.8, 4) is 0 Å². The second-order valence-electron chi connectivity index (χ2n) is 7.54. The molecule has 0 heterocycles. The van der Waals surface area contributed by atoms with Crippen LogP contribution in [-0.4, -0.2) is 203 Å². The summed E-state index contributed by atoms with van der Waals surface area (Å²) in [6.07, 6.45) is -23.5. The predicted molar refractivity (Wildman–Crippen MR) is 116 cm³/mol. The summed E-state index contributed by atoms with van der Waals surface area (Å²) in [6.45, 7) is -2.53. The zero-order chi connectivity index (χ0) is 31.8. The topological polar surface area (TPSA) is 415 Å². The Morgan fingerprint density at radius 2 is 0.525 bits per heavy atom. The SMILES string of the molecule is O=C(O)[C@H](O)[C@@H](O)[C@H](O)[C@H](O)CO.O=C(O)[C@H](O)[C@@H](O)[C@H](O)[C@H](O)CO.O=C(O)[C@H](O)[C@@H](O)[C@H](O)[C@H](O)CO.[La]. The summed E-state index contributed by atoms with van der Waals surface area (Å²) in [6, 6.07) is 0. The van der Waals surface area contributed by atoms with Crippen LogP contribution in [0.3, 0.4) is 0 Å². The van der Waals surface area contributed by atoms with Gasteiger partial charge in [-0.1, -0.05) is 0 Å². The second kappa shape index (κ2) is 23.6. The van der Waals surface area contributed by atoms with Crippen LogP contribution in [0.25, 0.3) is 0 Å². The Balaban J connectivity index is -0.000000240. The summed E-state index contributed by atoms with van der Waals surface area (Å²) in [5.41, 5.74) is 0. The molecular formula is C18H36LaO21. The van der Waals surface area contributed by atoms with Gasteiger partial charge in [0, 0.05) is 35.6 Å². The van der Waals surface area contributed by atoms with Crippen molar-refractivity contribution in [2.75, 3.05) is 19.8 Å². The number of aliphatic carboxylic acids is 3. The minimum atomic E-state index is -2.20. The molecule has 0 fully saturated rings. The van der Waals surface area contributed by atoms with Crippen LogP contribution in [0.15, 0.2) is 0 Å².